The minimum Gasteiger partial charge on any atom is -0.395 e. The van der Waals surface area contributed by atoms with Crippen molar-refractivity contribution in [2.45, 2.75) is 43.2 Å². The van der Waals surface area contributed by atoms with E-state index in [2.05, 4.69) is 5.10 Å². The Kier molecular flexibility index (Phi) is 7.53. The summed E-state index contributed by atoms with van der Waals surface area (Å²) in [6, 6.07) is 9.80. The first-order valence-electron chi connectivity index (χ1n) is 10.9. The van der Waals surface area contributed by atoms with Gasteiger partial charge in [0.15, 0.2) is 15.6 Å². The second kappa shape index (κ2) is 10.4. The Labute approximate surface area is 201 Å². The Morgan fingerprint density at radius 3 is 2.79 bits per heavy atom. The highest BCUT2D eigenvalue weighted by Crippen LogP contribution is 2.24. The summed E-state index contributed by atoms with van der Waals surface area (Å²) < 4.78 is 27.7. The normalized spacial score (nSPS) is 17.6. The minimum absolute atomic E-state index is 0.00590. The number of Topliss-reactive ketones (excluding diaryl/α,β-unsaturated/α-hetero) is 1. The molecule has 0 spiro atoms. The van der Waals surface area contributed by atoms with Gasteiger partial charge >= 0.3 is 0 Å². The molecule has 1 fully saturated rings. The molecule has 0 bridgehead atoms. The maximum atomic E-state index is 13.1. The molecule has 3 aromatic rings. The lowest BCUT2D eigenvalue weighted by molar-refractivity contribution is -0.125. The molecule has 2 aromatic carbocycles. The lowest BCUT2D eigenvalue weighted by atomic mass is 9.99. The van der Waals surface area contributed by atoms with Crippen molar-refractivity contribution >= 4 is 49.3 Å². The number of carbonyl (C=O) groups excluding carboxylic acids is 1. The van der Waals surface area contributed by atoms with Crippen LogP contribution in [0.1, 0.15) is 25.7 Å². The van der Waals surface area contributed by atoms with Crippen molar-refractivity contribution in [3.05, 3.63) is 57.8 Å². The molecule has 33 heavy (non-hydrogen) atoms. The number of aliphatic hydroxyl groups excluding tert-OH is 1. The van der Waals surface area contributed by atoms with Crippen LogP contribution in [0.4, 0.5) is 0 Å². The van der Waals surface area contributed by atoms with Gasteiger partial charge in [0, 0.05) is 36.1 Å². The fourth-order valence-electron chi connectivity index (χ4n) is 4.04. The Morgan fingerprint density at radius 1 is 1.18 bits per heavy atom. The highest BCUT2D eigenvalue weighted by atomic mass is 35.5. The zero-order valence-corrected chi connectivity index (χ0v) is 20.4. The van der Waals surface area contributed by atoms with Gasteiger partial charge in [-0.3, -0.25) is 9.80 Å². The van der Waals surface area contributed by atoms with Gasteiger partial charge in [0.2, 0.25) is 4.80 Å². The van der Waals surface area contributed by atoms with E-state index in [4.69, 9.17) is 11.6 Å². The van der Waals surface area contributed by atoms with Crippen molar-refractivity contribution in [3.63, 3.8) is 0 Å². The van der Waals surface area contributed by atoms with E-state index >= 15 is 0 Å². The molecular weight excluding hydrogens is 482 g/mol. The van der Waals surface area contributed by atoms with Crippen LogP contribution in [0.15, 0.2) is 58.0 Å². The molecule has 2 heterocycles. The van der Waals surface area contributed by atoms with E-state index in [-0.39, 0.29) is 29.5 Å². The zero-order chi connectivity index (χ0) is 23.4. The van der Waals surface area contributed by atoms with Gasteiger partial charge in [0.05, 0.1) is 17.3 Å². The number of halogens is 1. The van der Waals surface area contributed by atoms with Crippen LogP contribution in [0, 0.1) is 0 Å². The smallest absolute Gasteiger partial charge is 0.208 e. The Hall–Kier alpha value is -2.20. The number of carbonyl (C=O) groups is 1. The molecule has 1 saturated heterocycles. The molecule has 1 aliphatic heterocycles. The van der Waals surface area contributed by atoms with Crippen LogP contribution in [-0.2, 0) is 21.2 Å². The van der Waals surface area contributed by atoms with E-state index in [9.17, 15) is 18.3 Å². The number of hydrogen-bond acceptors (Lipinski definition) is 7. The Morgan fingerprint density at radius 2 is 1.97 bits per heavy atom. The molecular formula is C23H26ClN3O4S2. The van der Waals surface area contributed by atoms with Crippen molar-refractivity contribution in [1.82, 2.24) is 9.58 Å². The molecule has 4 rings (SSSR count). The first kappa shape index (κ1) is 23.9. The number of thiazole rings is 1. The molecule has 1 aromatic heterocycles. The maximum Gasteiger partial charge on any atom is 0.208 e. The molecule has 1 atom stereocenters. The van der Waals surface area contributed by atoms with Gasteiger partial charge in [-0.1, -0.05) is 23.7 Å². The third-order valence-corrected chi connectivity index (χ3v) is 8.54. The monoisotopic (exact) mass is 507 g/mol. The lowest BCUT2D eigenvalue weighted by Gasteiger charge is -2.32. The van der Waals surface area contributed by atoms with Crippen LogP contribution >= 0.6 is 22.9 Å². The summed E-state index contributed by atoms with van der Waals surface area (Å²) in [5, 5.41) is 19.8. The molecule has 0 amide bonds. The summed E-state index contributed by atoms with van der Waals surface area (Å²) in [6.45, 7) is 1.09. The van der Waals surface area contributed by atoms with E-state index in [1.165, 1.54) is 11.3 Å². The highest BCUT2D eigenvalue weighted by molar-refractivity contribution is 7.91. The number of nitrogens with zero attached hydrogens (tertiary/aromatic N) is 3. The topological polar surface area (TPSA) is 92.0 Å². The molecule has 1 aliphatic rings. The fourth-order valence-corrected chi connectivity index (χ4v) is 6.27. The first-order valence-corrected chi connectivity index (χ1v) is 13.8. The van der Waals surface area contributed by atoms with Gasteiger partial charge in [-0.25, -0.2) is 8.42 Å². The predicted molar refractivity (Wildman–Crippen MR) is 130 cm³/mol. The largest absolute Gasteiger partial charge is 0.395 e. The summed E-state index contributed by atoms with van der Waals surface area (Å²) >= 11 is 7.45. The Balaban J connectivity index is 1.48. The van der Waals surface area contributed by atoms with Gasteiger partial charge < -0.3 is 9.67 Å². The quantitative estimate of drug-likeness (QED) is 0.504. The van der Waals surface area contributed by atoms with E-state index in [0.717, 1.165) is 23.6 Å². The highest BCUT2D eigenvalue weighted by Gasteiger charge is 2.29. The number of hydrogen-bond donors (Lipinski definition) is 1. The molecule has 10 heteroatoms. The van der Waals surface area contributed by atoms with Crippen molar-refractivity contribution in [3.8, 4) is 0 Å². The standard InChI is InChI=1S/C23H26ClN3O4S2/c24-19-6-4-18-16-20(7-5-17(18)15-19)33(30,31)14-8-22(29)21-3-1-2-9-27(21)25-23-26(10-12-28)11-13-32-23/h4-7,11,13,15-16,21,28H,1-3,8-10,12,14H2/b25-23-. The van der Waals surface area contributed by atoms with Gasteiger partial charge in [-0.05, 0) is 54.3 Å². The first-order chi connectivity index (χ1) is 15.9. The van der Waals surface area contributed by atoms with Crippen molar-refractivity contribution < 1.29 is 18.3 Å². The summed E-state index contributed by atoms with van der Waals surface area (Å²) in [6.07, 6.45) is 4.29. The number of aromatic nitrogens is 1. The van der Waals surface area contributed by atoms with Crippen LogP contribution in [0.3, 0.4) is 0 Å². The molecule has 7 nitrogen and oxygen atoms in total. The number of fused-ring (bicyclic) bond motifs is 1. The summed E-state index contributed by atoms with van der Waals surface area (Å²) in [4.78, 5) is 14.0. The second-order valence-corrected chi connectivity index (χ2v) is 11.5. The molecule has 0 saturated carbocycles. The number of sulfone groups is 1. The van der Waals surface area contributed by atoms with Crippen molar-refractivity contribution in [2.75, 3.05) is 18.9 Å². The minimum atomic E-state index is -3.61. The number of aliphatic hydroxyl groups is 1. The maximum absolute atomic E-state index is 13.1. The van der Waals surface area contributed by atoms with E-state index in [1.54, 1.807) is 41.4 Å². The fraction of sp³-hybridized carbons (Fsp3) is 0.391. The lowest BCUT2D eigenvalue weighted by Crippen LogP contribution is -2.43. The average Bonchev–Trinajstić information content (AvgIpc) is 3.24. The zero-order valence-electron chi connectivity index (χ0n) is 18.1. The van der Waals surface area contributed by atoms with Gasteiger partial charge in [0.25, 0.3) is 0 Å². The molecule has 1 unspecified atom stereocenters. The van der Waals surface area contributed by atoms with Crippen molar-refractivity contribution in [2.24, 2.45) is 5.10 Å². The van der Waals surface area contributed by atoms with Crippen LogP contribution in [-0.4, -0.2) is 53.8 Å². The average molecular weight is 508 g/mol. The Bertz CT molecular complexity index is 1320. The van der Waals surface area contributed by atoms with Gasteiger partial charge in [0.1, 0.15) is 6.04 Å². The summed E-state index contributed by atoms with van der Waals surface area (Å²) in [5.41, 5.74) is 0. The van der Waals surface area contributed by atoms with Crippen LogP contribution in [0.5, 0.6) is 0 Å². The number of rotatable bonds is 8. The second-order valence-electron chi connectivity index (χ2n) is 8.07. The SMILES string of the molecule is O=C(CCS(=O)(=O)c1ccc2cc(Cl)ccc2c1)C1CCCCN1/N=c1\sccn1CCO. The summed E-state index contributed by atoms with van der Waals surface area (Å²) in [7, 11) is -3.61. The number of piperidine rings is 1. The summed E-state index contributed by atoms with van der Waals surface area (Å²) in [5.74, 6) is -0.349. The third-order valence-electron chi connectivity index (χ3n) is 5.81. The van der Waals surface area contributed by atoms with Crippen LogP contribution < -0.4 is 4.80 Å². The molecule has 0 radical (unpaired) electrons. The van der Waals surface area contributed by atoms with Gasteiger partial charge in [-0.2, -0.15) is 0 Å². The number of benzene rings is 2. The van der Waals surface area contributed by atoms with Crippen LogP contribution in [0.25, 0.3) is 10.8 Å². The molecule has 176 valence electrons. The van der Waals surface area contributed by atoms with Gasteiger partial charge in [-0.15, -0.1) is 16.4 Å². The van der Waals surface area contributed by atoms with Crippen LogP contribution in [0.2, 0.25) is 5.02 Å². The third kappa shape index (κ3) is 5.66. The van der Waals surface area contributed by atoms with E-state index < -0.39 is 15.9 Å². The van der Waals surface area contributed by atoms with E-state index in [1.807, 2.05) is 16.1 Å². The molecule has 1 N–H and O–H groups in total. The van der Waals surface area contributed by atoms with Crippen molar-refractivity contribution in [1.29, 1.82) is 0 Å². The molecule has 0 aliphatic carbocycles. The predicted octanol–water partition coefficient (Wildman–Crippen LogP) is 3.45. The number of ketones is 1. The van der Waals surface area contributed by atoms with E-state index in [0.29, 0.717) is 29.3 Å².